The van der Waals surface area contributed by atoms with Crippen LogP contribution in [0.4, 0.5) is 0 Å². The molecule has 5 heteroatoms. The zero-order valence-electron chi connectivity index (χ0n) is 13.2. The summed E-state index contributed by atoms with van der Waals surface area (Å²) in [7, 11) is 0. The monoisotopic (exact) mass is 317 g/mol. The second-order valence-electron chi connectivity index (χ2n) is 6.71. The first-order chi connectivity index (χ1) is 10.4. The van der Waals surface area contributed by atoms with Crippen LogP contribution in [-0.4, -0.2) is 54.0 Å². The first kappa shape index (κ1) is 15.5. The van der Waals surface area contributed by atoms with Crippen LogP contribution >= 0.6 is 11.3 Å². The maximum absolute atomic E-state index is 12.7. The predicted molar refractivity (Wildman–Crippen MR) is 92.4 cm³/mol. The van der Waals surface area contributed by atoms with E-state index in [9.17, 15) is 4.79 Å². The van der Waals surface area contributed by atoms with Gasteiger partial charge in [0.1, 0.15) is 0 Å². The summed E-state index contributed by atoms with van der Waals surface area (Å²) in [6.45, 7) is 8.32. The quantitative estimate of drug-likeness (QED) is 0.946. The van der Waals surface area contributed by atoms with Gasteiger partial charge in [0, 0.05) is 43.0 Å². The first-order valence-electron chi connectivity index (χ1n) is 7.71. The highest BCUT2D eigenvalue weighted by Crippen LogP contribution is 2.26. The van der Waals surface area contributed by atoms with Gasteiger partial charge in [0.05, 0.1) is 4.88 Å². The van der Waals surface area contributed by atoms with Crippen LogP contribution in [0, 0.1) is 0 Å². The molecule has 0 unspecified atom stereocenters. The molecule has 118 valence electrons. The molecular formula is C17H23N3OS. The molecule has 1 fully saturated rings. The van der Waals surface area contributed by atoms with Crippen LogP contribution in [0.1, 0.15) is 23.5 Å². The van der Waals surface area contributed by atoms with Crippen LogP contribution in [0.15, 0.2) is 30.3 Å². The number of carbonyl (C=O) groups is 1. The molecule has 1 aliphatic heterocycles. The summed E-state index contributed by atoms with van der Waals surface area (Å²) in [5, 5.41) is 1.15. The fourth-order valence-electron chi connectivity index (χ4n) is 2.93. The molecule has 1 aliphatic rings. The van der Waals surface area contributed by atoms with Crippen LogP contribution in [-0.2, 0) is 0 Å². The van der Waals surface area contributed by atoms with Gasteiger partial charge < -0.3 is 10.6 Å². The summed E-state index contributed by atoms with van der Waals surface area (Å²) in [5.41, 5.74) is 5.89. The van der Waals surface area contributed by atoms with Crippen molar-refractivity contribution < 1.29 is 4.79 Å². The Morgan fingerprint density at radius 3 is 2.55 bits per heavy atom. The topological polar surface area (TPSA) is 49.6 Å². The normalized spacial score (nSPS) is 17.1. The van der Waals surface area contributed by atoms with E-state index < -0.39 is 0 Å². The third-order valence-electron chi connectivity index (χ3n) is 3.93. The Morgan fingerprint density at radius 1 is 1.23 bits per heavy atom. The molecular weight excluding hydrogens is 294 g/mol. The van der Waals surface area contributed by atoms with E-state index in [4.69, 9.17) is 5.73 Å². The Morgan fingerprint density at radius 2 is 1.91 bits per heavy atom. The Kier molecular flexibility index (Phi) is 4.21. The lowest BCUT2D eigenvalue weighted by Crippen LogP contribution is -2.54. The van der Waals surface area contributed by atoms with Crippen molar-refractivity contribution in [2.75, 3.05) is 32.7 Å². The highest BCUT2D eigenvalue weighted by Gasteiger charge is 2.25. The largest absolute Gasteiger partial charge is 0.335 e. The zero-order chi connectivity index (χ0) is 15.7. The highest BCUT2D eigenvalue weighted by atomic mass is 32.1. The van der Waals surface area contributed by atoms with Crippen molar-refractivity contribution in [2.24, 2.45) is 5.73 Å². The number of carbonyl (C=O) groups excluding carboxylic acids is 1. The zero-order valence-corrected chi connectivity index (χ0v) is 14.0. The summed E-state index contributed by atoms with van der Waals surface area (Å²) in [5.74, 6) is 0.160. The van der Waals surface area contributed by atoms with Crippen LogP contribution in [0.5, 0.6) is 0 Å². The molecule has 22 heavy (non-hydrogen) atoms. The second-order valence-corrected chi connectivity index (χ2v) is 7.79. The predicted octanol–water partition coefficient (Wildman–Crippen LogP) is 2.40. The number of fused-ring (bicyclic) bond motifs is 1. The summed E-state index contributed by atoms with van der Waals surface area (Å²) >= 11 is 1.59. The number of nitrogens with two attached hydrogens (primary N) is 1. The number of rotatable bonds is 3. The van der Waals surface area contributed by atoms with Crippen LogP contribution in [0.2, 0.25) is 0 Å². The molecule has 1 saturated heterocycles. The van der Waals surface area contributed by atoms with Gasteiger partial charge in [-0.1, -0.05) is 18.2 Å². The molecule has 0 radical (unpaired) electrons. The van der Waals surface area contributed by atoms with E-state index in [1.165, 1.54) is 4.70 Å². The minimum absolute atomic E-state index is 0.160. The van der Waals surface area contributed by atoms with Crippen molar-refractivity contribution in [2.45, 2.75) is 19.4 Å². The molecule has 2 heterocycles. The van der Waals surface area contributed by atoms with E-state index >= 15 is 0 Å². The van der Waals surface area contributed by atoms with E-state index in [1.54, 1.807) is 11.3 Å². The number of nitrogens with zero attached hydrogens (tertiary/aromatic N) is 2. The van der Waals surface area contributed by atoms with Crippen LogP contribution in [0.3, 0.4) is 0 Å². The average Bonchev–Trinajstić information content (AvgIpc) is 2.89. The van der Waals surface area contributed by atoms with Crippen molar-refractivity contribution >= 4 is 27.3 Å². The number of hydrogen-bond acceptors (Lipinski definition) is 4. The lowest BCUT2D eigenvalue weighted by Gasteiger charge is -2.37. The summed E-state index contributed by atoms with van der Waals surface area (Å²) in [6, 6.07) is 10.2. The molecule has 0 atom stereocenters. The molecule has 2 N–H and O–H groups in total. The third-order valence-corrected chi connectivity index (χ3v) is 5.03. The van der Waals surface area contributed by atoms with E-state index in [1.807, 2.05) is 36.9 Å². The summed E-state index contributed by atoms with van der Waals surface area (Å²) in [6.07, 6.45) is 0. The van der Waals surface area contributed by atoms with Gasteiger partial charge in [-0.2, -0.15) is 0 Å². The molecule has 2 aromatic rings. The number of amides is 1. The summed E-state index contributed by atoms with van der Waals surface area (Å²) < 4.78 is 1.18. The van der Waals surface area contributed by atoms with E-state index in [2.05, 4.69) is 17.0 Å². The second kappa shape index (κ2) is 5.99. The van der Waals surface area contributed by atoms with Gasteiger partial charge in [-0.05, 0) is 31.4 Å². The molecule has 0 bridgehead atoms. The van der Waals surface area contributed by atoms with Gasteiger partial charge in [0.15, 0.2) is 0 Å². The Bertz CT molecular complexity index is 633. The molecule has 1 amide bonds. The van der Waals surface area contributed by atoms with Crippen LogP contribution < -0.4 is 5.73 Å². The lowest BCUT2D eigenvalue weighted by molar-refractivity contribution is 0.0621. The number of benzene rings is 1. The van der Waals surface area contributed by atoms with Crippen molar-refractivity contribution in [3.05, 3.63) is 35.2 Å². The molecule has 4 nitrogen and oxygen atoms in total. The smallest absolute Gasteiger partial charge is 0.264 e. The van der Waals surface area contributed by atoms with Crippen LogP contribution in [0.25, 0.3) is 10.1 Å². The van der Waals surface area contributed by atoms with Gasteiger partial charge in [-0.15, -0.1) is 11.3 Å². The Hall–Kier alpha value is -1.43. The third kappa shape index (κ3) is 3.48. The van der Waals surface area contributed by atoms with E-state index in [0.717, 1.165) is 43.0 Å². The minimum atomic E-state index is -0.183. The first-order valence-corrected chi connectivity index (χ1v) is 8.53. The molecule has 3 rings (SSSR count). The lowest BCUT2D eigenvalue weighted by atomic mass is 10.1. The van der Waals surface area contributed by atoms with E-state index in [-0.39, 0.29) is 11.4 Å². The highest BCUT2D eigenvalue weighted by molar-refractivity contribution is 7.20. The van der Waals surface area contributed by atoms with Crippen molar-refractivity contribution in [3.8, 4) is 0 Å². The number of thiophene rings is 1. The SMILES string of the molecule is CC(C)(N)CN1CCN(C(=O)c2cc3ccccc3s2)CC1. The van der Waals surface area contributed by atoms with Gasteiger partial charge >= 0.3 is 0 Å². The fourth-order valence-corrected chi connectivity index (χ4v) is 3.96. The molecule has 0 aliphatic carbocycles. The van der Waals surface area contributed by atoms with Gasteiger partial charge in [0.2, 0.25) is 0 Å². The van der Waals surface area contributed by atoms with Crippen molar-refractivity contribution in [1.82, 2.24) is 9.80 Å². The molecule has 1 aromatic carbocycles. The number of hydrogen-bond donors (Lipinski definition) is 1. The van der Waals surface area contributed by atoms with Crippen molar-refractivity contribution in [1.29, 1.82) is 0 Å². The minimum Gasteiger partial charge on any atom is -0.335 e. The fraction of sp³-hybridized carbons (Fsp3) is 0.471. The molecule has 0 saturated carbocycles. The summed E-state index contributed by atoms with van der Waals surface area (Å²) in [4.78, 5) is 17.8. The molecule has 0 spiro atoms. The average molecular weight is 317 g/mol. The Labute approximate surface area is 135 Å². The van der Waals surface area contributed by atoms with E-state index in [0.29, 0.717) is 0 Å². The van der Waals surface area contributed by atoms with Gasteiger partial charge in [-0.3, -0.25) is 9.69 Å². The number of piperazine rings is 1. The van der Waals surface area contributed by atoms with Gasteiger partial charge in [0.25, 0.3) is 5.91 Å². The van der Waals surface area contributed by atoms with Gasteiger partial charge in [-0.25, -0.2) is 0 Å². The maximum Gasteiger partial charge on any atom is 0.264 e. The molecule has 1 aromatic heterocycles. The standard InChI is InChI=1S/C17H23N3OS/c1-17(2,18)12-19-7-9-20(10-8-19)16(21)15-11-13-5-3-4-6-14(13)22-15/h3-6,11H,7-10,12,18H2,1-2H3. The Balaban J connectivity index is 1.64. The van der Waals surface area contributed by atoms with Crippen molar-refractivity contribution in [3.63, 3.8) is 0 Å². The maximum atomic E-state index is 12.7.